The molecular weight excluding hydrogens is 260 g/mol. The first-order chi connectivity index (χ1) is 9.16. The van der Waals surface area contributed by atoms with Crippen LogP contribution in [-0.2, 0) is 4.79 Å². The van der Waals surface area contributed by atoms with Crippen molar-refractivity contribution in [3.8, 4) is 11.4 Å². The Morgan fingerprint density at radius 3 is 2.68 bits per heavy atom. The fraction of sp³-hybridized carbons (Fsp3) is 0.231. The minimum absolute atomic E-state index is 0.0850. The Morgan fingerprint density at radius 1 is 1.26 bits per heavy atom. The van der Waals surface area contributed by atoms with Gasteiger partial charge in [0.15, 0.2) is 5.82 Å². The highest BCUT2D eigenvalue weighted by atomic mass is 32.2. The molecule has 19 heavy (non-hydrogen) atoms. The van der Waals surface area contributed by atoms with Crippen molar-refractivity contribution in [2.75, 3.05) is 0 Å². The number of aromatic nitrogens is 3. The number of hydrogen-bond donors (Lipinski definition) is 0. The summed E-state index contributed by atoms with van der Waals surface area (Å²) in [7, 11) is 0. The van der Waals surface area contributed by atoms with Crippen molar-refractivity contribution in [2.45, 2.75) is 24.3 Å². The lowest BCUT2D eigenvalue weighted by Gasteiger charge is -2.18. The third-order valence-corrected chi connectivity index (χ3v) is 4.25. The van der Waals surface area contributed by atoms with Crippen molar-refractivity contribution >= 4 is 23.3 Å². The molecule has 1 aromatic heterocycles. The fourth-order valence-electron chi connectivity index (χ4n) is 1.97. The topological polar surface area (TPSA) is 60.1 Å². The van der Waals surface area contributed by atoms with Gasteiger partial charge in [-0.3, -0.25) is 4.79 Å². The molecule has 1 aliphatic heterocycles. The van der Waals surface area contributed by atoms with Gasteiger partial charge in [0.1, 0.15) is 11.0 Å². The van der Waals surface area contributed by atoms with Gasteiger partial charge in [-0.05, 0) is 13.8 Å². The summed E-state index contributed by atoms with van der Waals surface area (Å²) >= 11 is 1.40. The molecule has 0 saturated carbocycles. The summed E-state index contributed by atoms with van der Waals surface area (Å²) in [4.78, 5) is 11.5. The number of benzene rings is 1. The van der Waals surface area contributed by atoms with Crippen LogP contribution in [0.25, 0.3) is 11.4 Å². The lowest BCUT2D eigenvalue weighted by molar-refractivity contribution is -0.115. The first kappa shape index (κ1) is 12.1. The van der Waals surface area contributed by atoms with E-state index in [0.29, 0.717) is 11.0 Å². The van der Waals surface area contributed by atoms with Gasteiger partial charge in [0.05, 0.1) is 5.71 Å². The van der Waals surface area contributed by atoms with Crippen molar-refractivity contribution in [1.82, 2.24) is 14.9 Å². The average molecular weight is 272 g/mol. The smallest absolute Gasteiger partial charge is 0.213 e. The number of hydrogen-bond acceptors (Lipinski definition) is 5. The van der Waals surface area contributed by atoms with Gasteiger partial charge < -0.3 is 0 Å². The number of rotatable bonds is 2. The predicted octanol–water partition coefficient (Wildman–Crippen LogP) is 2.23. The molecule has 1 aromatic carbocycles. The maximum absolute atomic E-state index is 11.5. The van der Waals surface area contributed by atoms with Crippen molar-refractivity contribution in [2.24, 2.45) is 5.10 Å². The Bertz CT molecular complexity index is 663. The summed E-state index contributed by atoms with van der Waals surface area (Å²) in [5.74, 6) is 0.784. The molecule has 2 aromatic rings. The molecule has 0 bridgehead atoms. The fourth-order valence-corrected chi connectivity index (χ4v) is 2.88. The second-order valence-electron chi connectivity index (χ2n) is 4.33. The molecule has 1 aliphatic rings. The lowest BCUT2D eigenvalue weighted by atomic mass is 10.2. The van der Waals surface area contributed by atoms with Crippen LogP contribution in [0.2, 0.25) is 0 Å². The number of Topliss-reactive ketones (excluding diaryl/α,β-unsaturated/α-hetero) is 1. The van der Waals surface area contributed by atoms with Gasteiger partial charge in [-0.2, -0.15) is 9.78 Å². The van der Waals surface area contributed by atoms with Crippen LogP contribution in [0.15, 0.2) is 40.6 Å². The molecule has 96 valence electrons. The minimum Gasteiger partial charge on any atom is -0.298 e. The van der Waals surface area contributed by atoms with Crippen LogP contribution in [-0.4, -0.2) is 31.6 Å². The molecule has 0 spiro atoms. The third-order valence-electron chi connectivity index (χ3n) is 2.87. The highest BCUT2D eigenvalue weighted by Gasteiger charge is 2.28. The molecule has 0 amide bonds. The zero-order valence-electron chi connectivity index (χ0n) is 10.6. The van der Waals surface area contributed by atoms with E-state index in [1.54, 1.807) is 11.6 Å². The number of thioether (sulfide) groups is 1. The van der Waals surface area contributed by atoms with E-state index < -0.39 is 0 Å². The van der Waals surface area contributed by atoms with Gasteiger partial charge in [0, 0.05) is 5.56 Å². The van der Waals surface area contributed by atoms with Crippen LogP contribution >= 0.6 is 11.8 Å². The van der Waals surface area contributed by atoms with Crippen molar-refractivity contribution in [3.63, 3.8) is 0 Å². The van der Waals surface area contributed by atoms with Gasteiger partial charge in [0.25, 0.3) is 0 Å². The predicted molar refractivity (Wildman–Crippen MR) is 74.3 cm³/mol. The monoisotopic (exact) mass is 272 g/mol. The van der Waals surface area contributed by atoms with E-state index >= 15 is 0 Å². The van der Waals surface area contributed by atoms with Gasteiger partial charge in [-0.1, -0.05) is 42.1 Å². The van der Waals surface area contributed by atoms with Gasteiger partial charge in [0.2, 0.25) is 5.16 Å². The maximum atomic E-state index is 11.5. The highest BCUT2D eigenvalue weighted by molar-refractivity contribution is 8.01. The normalized spacial score (nSPS) is 17.8. The Labute approximate surface area is 114 Å². The summed E-state index contributed by atoms with van der Waals surface area (Å²) in [6, 6.07) is 9.77. The highest BCUT2D eigenvalue weighted by Crippen LogP contribution is 2.31. The molecule has 5 nitrogen and oxygen atoms in total. The van der Waals surface area contributed by atoms with Crippen LogP contribution in [0.4, 0.5) is 0 Å². The minimum atomic E-state index is -0.250. The molecule has 0 saturated heterocycles. The molecule has 2 heterocycles. The quantitative estimate of drug-likeness (QED) is 0.841. The first-order valence-corrected chi connectivity index (χ1v) is 6.78. The standard InChI is InChI=1S/C13H12N4OS/c1-8-11(9(2)18)19-13-15-14-12(17(13)16-8)10-6-4-3-5-7-10/h3-7,11H,1-2H3/t11-/m0/s1. The van der Waals surface area contributed by atoms with E-state index in [-0.39, 0.29) is 11.0 Å². The maximum Gasteiger partial charge on any atom is 0.213 e. The van der Waals surface area contributed by atoms with E-state index in [1.165, 1.54) is 11.8 Å². The number of nitrogens with zero attached hydrogens (tertiary/aromatic N) is 4. The second-order valence-corrected chi connectivity index (χ2v) is 5.41. The summed E-state index contributed by atoms with van der Waals surface area (Å²) in [5, 5.41) is 13.1. The van der Waals surface area contributed by atoms with Crippen LogP contribution in [0.3, 0.4) is 0 Å². The molecular formula is C13H12N4OS. The van der Waals surface area contributed by atoms with Gasteiger partial charge in [-0.15, -0.1) is 10.2 Å². The van der Waals surface area contributed by atoms with E-state index in [2.05, 4.69) is 15.3 Å². The number of carbonyl (C=O) groups is 1. The van der Waals surface area contributed by atoms with Gasteiger partial charge >= 0.3 is 0 Å². The van der Waals surface area contributed by atoms with E-state index in [0.717, 1.165) is 11.3 Å². The zero-order valence-corrected chi connectivity index (χ0v) is 11.4. The van der Waals surface area contributed by atoms with Crippen molar-refractivity contribution in [3.05, 3.63) is 30.3 Å². The van der Waals surface area contributed by atoms with E-state index in [9.17, 15) is 4.79 Å². The van der Waals surface area contributed by atoms with Crippen molar-refractivity contribution < 1.29 is 4.79 Å². The van der Waals surface area contributed by atoms with Crippen LogP contribution in [0, 0.1) is 0 Å². The van der Waals surface area contributed by atoms with Crippen LogP contribution in [0.5, 0.6) is 0 Å². The molecule has 0 fully saturated rings. The molecule has 0 unspecified atom stereocenters. The summed E-state index contributed by atoms with van der Waals surface area (Å²) in [6.45, 7) is 3.43. The summed E-state index contributed by atoms with van der Waals surface area (Å²) in [6.07, 6.45) is 0. The summed E-state index contributed by atoms with van der Waals surface area (Å²) < 4.78 is 1.70. The number of fused-ring (bicyclic) bond motifs is 1. The van der Waals surface area contributed by atoms with E-state index in [4.69, 9.17) is 0 Å². The summed E-state index contributed by atoms with van der Waals surface area (Å²) in [5.41, 5.74) is 1.74. The lowest BCUT2D eigenvalue weighted by Crippen LogP contribution is -2.27. The SMILES string of the molecule is CC(=O)[C@H]1Sc2nnc(-c3ccccc3)n2N=C1C. The molecule has 0 aliphatic carbocycles. The third kappa shape index (κ3) is 2.08. The number of ketones is 1. The Balaban J connectivity index is 2.07. The molecule has 0 N–H and O–H groups in total. The Morgan fingerprint density at radius 2 is 2.00 bits per heavy atom. The average Bonchev–Trinajstić information content (AvgIpc) is 2.81. The largest absolute Gasteiger partial charge is 0.298 e. The van der Waals surface area contributed by atoms with Crippen molar-refractivity contribution in [1.29, 1.82) is 0 Å². The second kappa shape index (κ2) is 4.62. The van der Waals surface area contributed by atoms with Gasteiger partial charge in [-0.25, -0.2) is 0 Å². The Kier molecular flexibility index (Phi) is 2.94. The van der Waals surface area contributed by atoms with Crippen LogP contribution in [0.1, 0.15) is 13.8 Å². The van der Waals surface area contributed by atoms with E-state index in [1.807, 2.05) is 37.3 Å². The molecule has 6 heteroatoms. The molecule has 0 radical (unpaired) electrons. The Hall–Kier alpha value is -1.95. The molecule has 3 rings (SSSR count). The van der Waals surface area contributed by atoms with Crippen LogP contribution < -0.4 is 0 Å². The first-order valence-electron chi connectivity index (χ1n) is 5.90. The zero-order chi connectivity index (χ0) is 13.4. The molecule has 1 atom stereocenters. The number of carbonyl (C=O) groups excluding carboxylic acids is 1.